The summed E-state index contributed by atoms with van der Waals surface area (Å²) in [5, 5.41) is 2.43. The topological polar surface area (TPSA) is 42.0 Å². The lowest BCUT2D eigenvalue weighted by molar-refractivity contribution is -0.105. The monoisotopic (exact) mass is 200 g/mol. The third-order valence-corrected chi connectivity index (χ3v) is 1.42. The summed E-state index contributed by atoms with van der Waals surface area (Å²) in [6, 6.07) is 3.50. The number of hydrogen-bond acceptors (Lipinski definition) is 2. The van der Waals surface area contributed by atoms with Crippen molar-refractivity contribution in [2.75, 3.05) is 5.32 Å². The summed E-state index contributed by atoms with van der Waals surface area (Å²) in [6.45, 7) is 0. The second kappa shape index (κ2) is 3.31. The summed E-state index contributed by atoms with van der Waals surface area (Å²) in [5.74, 6) is 0.546. The van der Waals surface area contributed by atoms with Crippen molar-refractivity contribution in [3.63, 3.8) is 0 Å². The molecule has 0 saturated carbocycles. The van der Waals surface area contributed by atoms with Gasteiger partial charge in [-0.2, -0.15) is 0 Å². The predicted octanol–water partition coefficient (Wildman–Crippen LogP) is 1.41. The number of halogens is 1. The third kappa shape index (κ3) is 1.80. The minimum Gasteiger partial charge on any atom is -0.313 e. The van der Waals surface area contributed by atoms with E-state index in [0.29, 0.717) is 12.2 Å². The first-order valence-corrected chi connectivity index (χ1v) is 3.44. The van der Waals surface area contributed by atoms with Gasteiger partial charge in [-0.3, -0.25) is 4.79 Å². The molecule has 0 saturated heterocycles. The summed E-state index contributed by atoms with van der Waals surface area (Å²) in [7, 11) is 0. The average molecular weight is 201 g/mol. The van der Waals surface area contributed by atoms with Gasteiger partial charge in [-0.05, 0) is 12.1 Å². The Kier molecular flexibility index (Phi) is 2.39. The van der Waals surface area contributed by atoms with Gasteiger partial charge in [0.05, 0.1) is 0 Å². The molecule has 0 aliphatic heterocycles. The van der Waals surface area contributed by atoms with E-state index in [1.54, 1.807) is 18.3 Å². The zero-order valence-electron chi connectivity index (χ0n) is 5.04. The zero-order chi connectivity index (χ0) is 7.40. The Morgan fingerprint density at radius 2 is 2.50 bits per heavy atom. The maximum atomic E-state index is 9.92. The second-order valence-electron chi connectivity index (χ2n) is 1.62. The van der Waals surface area contributed by atoms with Crippen LogP contribution in [0.3, 0.4) is 0 Å². The van der Waals surface area contributed by atoms with Gasteiger partial charge in [0.25, 0.3) is 0 Å². The number of pyridine rings is 1. The quantitative estimate of drug-likeness (QED) is 0.735. The Labute approximate surface area is 66.6 Å². The summed E-state index contributed by atoms with van der Waals surface area (Å²) in [6.07, 6.45) is 2.20. The van der Waals surface area contributed by atoms with Crippen molar-refractivity contribution in [2.24, 2.45) is 0 Å². The first-order chi connectivity index (χ1) is 4.83. The highest BCUT2D eigenvalue weighted by molar-refractivity contribution is 9.10. The van der Waals surface area contributed by atoms with Gasteiger partial charge < -0.3 is 5.32 Å². The fourth-order valence-corrected chi connectivity index (χ4v) is 0.879. The Morgan fingerprint density at radius 3 is 3.10 bits per heavy atom. The molecule has 4 heteroatoms. The van der Waals surface area contributed by atoms with Crippen LogP contribution in [0.25, 0.3) is 0 Å². The van der Waals surface area contributed by atoms with Gasteiger partial charge in [0, 0.05) is 10.7 Å². The smallest absolute Gasteiger partial charge is 0.212 e. The van der Waals surface area contributed by atoms with Crippen molar-refractivity contribution in [2.45, 2.75) is 0 Å². The Morgan fingerprint density at radius 1 is 1.70 bits per heavy atom. The number of nitrogens with zero attached hydrogens (tertiary/aromatic N) is 1. The van der Waals surface area contributed by atoms with E-state index >= 15 is 0 Å². The maximum Gasteiger partial charge on any atom is 0.212 e. The predicted molar refractivity (Wildman–Crippen MR) is 41.6 cm³/mol. The van der Waals surface area contributed by atoms with E-state index in [1.165, 1.54) is 0 Å². The number of hydrogen-bond donors (Lipinski definition) is 1. The third-order valence-electron chi connectivity index (χ3n) is 0.929. The molecule has 1 heterocycles. The molecule has 0 aliphatic carbocycles. The summed E-state index contributed by atoms with van der Waals surface area (Å²) < 4.78 is 0.895. The molecule has 1 amide bonds. The molecule has 0 aliphatic rings. The highest BCUT2D eigenvalue weighted by atomic mass is 79.9. The SMILES string of the molecule is O=CNc1cc(Br)ccn1. The van der Waals surface area contributed by atoms with Crippen molar-refractivity contribution in [1.82, 2.24) is 4.98 Å². The van der Waals surface area contributed by atoms with Crippen LogP contribution < -0.4 is 5.32 Å². The van der Waals surface area contributed by atoms with Crippen molar-refractivity contribution >= 4 is 28.2 Å². The molecule has 0 aromatic carbocycles. The number of nitrogens with one attached hydrogen (secondary N) is 1. The van der Waals surface area contributed by atoms with E-state index < -0.39 is 0 Å². The number of anilines is 1. The summed E-state index contributed by atoms with van der Waals surface area (Å²) >= 11 is 3.24. The van der Waals surface area contributed by atoms with E-state index in [2.05, 4.69) is 26.2 Å². The largest absolute Gasteiger partial charge is 0.313 e. The van der Waals surface area contributed by atoms with Crippen LogP contribution in [0, 0.1) is 0 Å². The molecule has 0 fully saturated rings. The lowest BCUT2D eigenvalue weighted by Gasteiger charge is -1.95. The maximum absolute atomic E-state index is 9.92. The molecule has 52 valence electrons. The fourth-order valence-electron chi connectivity index (χ4n) is 0.544. The van der Waals surface area contributed by atoms with Gasteiger partial charge in [-0.15, -0.1) is 0 Å². The molecule has 10 heavy (non-hydrogen) atoms. The molecule has 1 N–H and O–H groups in total. The van der Waals surface area contributed by atoms with Crippen LogP contribution >= 0.6 is 15.9 Å². The van der Waals surface area contributed by atoms with Crippen LogP contribution in [-0.4, -0.2) is 11.4 Å². The van der Waals surface area contributed by atoms with E-state index in [-0.39, 0.29) is 0 Å². The minimum absolute atomic E-state index is 0.546. The standard InChI is InChI=1S/C6H5BrN2O/c7-5-1-2-8-6(3-5)9-4-10/h1-4H,(H,8,9,10). The minimum atomic E-state index is 0.546. The molecule has 0 unspecified atom stereocenters. The van der Waals surface area contributed by atoms with Gasteiger partial charge in [0.15, 0.2) is 0 Å². The van der Waals surface area contributed by atoms with E-state index in [0.717, 1.165) is 4.47 Å². The molecule has 0 spiro atoms. The normalized spacial score (nSPS) is 8.90. The second-order valence-corrected chi connectivity index (χ2v) is 2.54. The highest BCUT2D eigenvalue weighted by Crippen LogP contribution is 2.11. The van der Waals surface area contributed by atoms with Gasteiger partial charge in [-0.25, -0.2) is 4.98 Å². The molecule has 1 aromatic rings. The van der Waals surface area contributed by atoms with E-state index in [4.69, 9.17) is 0 Å². The van der Waals surface area contributed by atoms with Gasteiger partial charge >= 0.3 is 0 Å². The van der Waals surface area contributed by atoms with E-state index in [9.17, 15) is 4.79 Å². The number of amides is 1. The molecule has 0 bridgehead atoms. The Bertz CT molecular complexity index is 239. The summed E-state index contributed by atoms with van der Waals surface area (Å²) in [4.78, 5) is 13.8. The fraction of sp³-hybridized carbons (Fsp3) is 0. The molecular formula is C6H5BrN2O. The summed E-state index contributed by atoms with van der Waals surface area (Å²) in [5.41, 5.74) is 0. The van der Waals surface area contributed by atoms with Crippen molar-refractivity contribution in [3.8, 4) is 0 Å². The number of carbonyl (C=O) groups is 1. The molecular weight excluding hydrogens is 196 g/mol. The zero-order valence-corrected chi connectivity index (χ0v) is 6.63. The number of aromatic nitrogens is 1. The van der Waals surface area contributed by atoms with Crippen LogP contribution in [-0.2, 0) is 4.79 Å². The molecule has 1 aromatic heterocycles. The van der Waals surface area contributed by atoms with Crippen molar-refractivity contribution < 1.29 is 4.79 Å². The van der Waals surface area contributed by atoms with Gasteiger partial charge in [0.1, 0.15) is 5.82 Å². The van der Waals surface area contributed by atoms with Crippen molar-refractivity contribution in [1.29, 1.82) is 0 Å². The number of rotatable bonds is 2. The molecule has 3 nitrogen and oxygen atoms in total. The Hall–Kier alpha value is -0.900. The van der Waals surface area contributed by atoms with Crippen LogP contribution in [0.4, 0.5) is 5.82 Å². The van der Waals surface area contributed by atoms with Crippen LogP contribution in [0.5, 0.6) is 0 Å². The lowest BCUT2D eigenvalue weighted by atomic mass is 10.5. The average Bonchev–Trinajstić information content (AvgIpc) is 1.88. The first kappa shape index (κ1) is 7.21. The molecule has 0 radical (unpaired) electrons. The van der Waals surface area contributed by atoms with Gasteiger partial charge in [0.2, 0.25) is 6.41 Å². The molecule has 1 rings (SSSR count). The van der Waals surface area contributed by atoms with Crippen LogP contribution in [0.2, 0.25) is 0 Å². The van der Waals surface area contributed by atoms with Crippen molar-refractivity contribution in [3.05, 3.63) is 22.8 Å². The Balaban J connectivity index is 2.84. The highest BCUT2D eigenvalue weighted by Gasteiger charge is 1.90. The number of carbonyl (C=O) groups excluding carboxylic acids is 1. The van der Waals surface area contributed by atoms with Gasteiger partial charge in [-0.1, -0.05) is 15.9 Å². The van der Waals surface area contributed by atoms with Crippen LogP contribution in [0.1, 0.15) is 0 Å². The first-order valence-electron chi connectivity index (χ1n) is 2.64. The van der Waals surface area contributed by atoms with Crippen LogP contribution in [0.15, 0.2) is 22.8 Å². The molecule has 0 atom stereocenters. The lowest BCUT2D eigenvalue weighted by Crippen LogP contribution is -1.95. The van der Waals surface area contributed by atoms with E-state index in [1.807, 2.05) is 0 Å².